The quantitative estimate of drug-likeness (QED) is 0.596. The van der Waals surface area contributed by atoms with E-state index in [1.54, 1.807) is 13.0 Å². The summed E-state index contributed by atoms with van der Waals surface area (Å²) in [7, 11) is -2.01. The number of rotatable bonds is 6. The zero-order chi connectivity index (χ0) is 21.3. The maximum Gasteiger partial charge on any atom is 0.241 e. The highest BCUT2D eigenvalue weighted by Crippen LogP contribution is 2.39. The van der Waals surface area contributed by atoms with Crippen molar-refractivity contribution in [3.8, 4) is 6.07 Å². The first-order valence-corrected chi connectivity index (χ1v) is 12.6. The molecule has 0 saturated carbocycles. The molecule has 1 aromatic carbocycles. The summed E-state index contributed by atoms with van der Waals surface area (Å²) < 4.78 is 12.3. The molecule has 1 aromatic heterocycles. The summed E-state index contributed by atoms with van der Waals surface area (Å²) in [5, 5.41) is 21.3. The van der Waals surface area contributed by atoms with Gasteiger partial charge in [0.25, 0.3) is 0 Å². The van der Waals surface area contributed by atoms with Crippen LogP contribution < -0.4 is 5.32 Å². The van der Waals surface area contributed by atoms with Crippen LogP contribution in [0.5, 0.6) is 0 Å². The van der Waals surface area contributed by atoms with Crippen molar-refractivity contribution >= 4 is 25.6 Å². The number of hydrogen-bond donors (Lipinski definition) is 1. The monoisotopic (exact) mass is 420 g/mol. The second-order valence-corrected chi connectivity index (χ2v) is 13.7. The number of anilines is 1. The fourth-order valence-electron chi connectivity index (χ4n) is 2.62. The predicted molar refractivity (Wildman–Crippen MR) is 114 cm³/mol. The first-order chi connectivity index (χ1) is 12.9. The Morgan fingerprint density at radius 3 is 2.39 bits per heavy atom. The minimum absolute atomic E-state index is 0.0736. The Bertz CT molecular complexity index is 883. The van der Waals surface area contributed by atoms with Gasteiger partial charge in [-0.05, 0) is 49.7 Å². The van der Waals surface area contributed by atoms with Crippen LogP contribution in [0.4, 0.5) is 5.69 Å². The Morgan fingerprint density at radius 2 is 1.89 bits per heavy atom. The van der Waals surface area contributed by atoms with Crippen LogP contribution in [-0.2, 0) is 4.43 Å². The fraction of sp³-hybridized carbons (Fsp3) is 0.550. The molecular weight excluding hydrogens is 392 g/mol. The summed E-state index contributed by atoms with van der Waals surface area (Å²) in [5.41, 5.74) is 2.04. The molecule has 1 N–H and O–H groups in total. The lowest BCUT2D eigenvalue weighted by Gasteiger charge is -2.40. The van der Waals surface area contributed by atoms with Crippen molar-refractivity contribution < 1.29 is 8.84 Å². The minimum Gasteiger partial charge on any atom is -0.423 e. The van der Waals surface area contributed by atoms with Gasteiger partial charge in [0.05, 0.1) is 16.7 Å². The molecular formula is C20H29ClN4O2Si. The van der Waals surface area contributed by atoms with Gasteiger partial charge in [0.15, 0.2) is 8.32 Å². The molecule has 6 nitrogen and oxygen atoms in total. The van der Waals surface area contributed by atoms with E-state index in [1.165, 1.54) is 0 Å². The Labute approximate surface area is 173 Å². The number of aryl methyl sites for hydroxylation is 1. The van der Waals surface area contributed by atoms with E-state index in [-0.39, 0.29) is 17.2 Å². The Morgan fingerprint density at radius 1 is 1.25 bits per heavy atom. The zero-order valence-corrected chi connectivity index (χ0v) is 19.6. The zero-order valence-electron chi connectivity index (χ0n) is 17.8. The Hall–Kier alpha value is -1.88. The van der Waals surface area contributed by atoms with Crippen molar-refractivity contribution in [3.63, 3.8) is 0 Å². The van der Waals surface area contributed by atoms with E-state index in [0.29, 0.717) is 22.4 Å². The number of nitrogens with zero attached hydrogens (tertiary/aromatic N) is 3. The standard InChI is InChI=1S/C20H29ClN4O2Si/c1-12-16(10-9-15(11-22)17(12)21)23-18(19-25-24-14(3)26-19)13(2)27-28(7,8)20(4,5)6/h9-10,13,18,23H,1-8H3/t13-,18+/m0/s1. The predicted octanol–water partition coefficient (Wildman–Crippen LogP) is 5.78. The Balaban J connectivity index is 2.39. The second kappa shape index (κ2) is 8.24. The molecule has 152 valence electrons. The van der Waals surface area contributed by atoms with E-state index in [0.717, 1.165) is 11.3 Å². The van der Waals surface area contributed by atoms with E-state index in [2.05, 4.69) is 55.4 Å². The van der Waals surface area contributed by atoms with Crippen LogP contribution >= 0.6 is 11.6 Å². The molecule has 0 aliphatic carbocycles. The van der Waals surface area contributed by atoms with E-state index < -0.39 is 8.32 Å². The summed E-state index contributed by atoms with van der Waals surface area (Å²) in [6.45, 7) is 16.7. The van der Waals surface area contributed by atoms with Crippen molar-refractivity contribution in [2.24, 2.45) is 0 Å². The molecule has 0 aliphatic rings. The number of hydrogen-bond acceptors (Lipinski definition) is 6. The van der Waals surface area contributed by atoms with Crippen LogP contribution in [-0.4, -0.2) is 24.6 Å². The summed E-state index contributed by atoms with van der Waals surface area (Å²) in [6, 6.07) is 5.30. The number of halogens is 1. The molecule has 2 aromatic rings. The van der Waals surface area contributed by atoms with Crippen molar-refractivity contribution in [1.82, 2.24) is 10.2 Å². The number of aromatic nitrogens is 2. The normalized spacial score (nSPS) is 14.4. The van der Waals surface area contributed by atoms with Crippen LogP contribution in [0.15, 0.2) is 16.5 Å². The van der Waals surface area contributed by atoms with Gasteiger partial charge in [-0.3, -0.25) is 0 Å². The molecule has 0 unspecified atom stereocenters. The van der Waals surface area contributed by atoms with Gasteiger partial charge in [-0.2, -0.15) is 5.26 Å². The first kappa shape index (κ1) is 22.4. The molecule has 0 saturated heterocycles. The van der Waals surface area contributed by atoms with Crippen LogP contribution in [0.2, 0.25) is 23.2 Å². The van der Waals surface area contributed by atoms with Gasteiger partial charge >= 0.3 is 0 Å². The van der Waals surface area contributed by atoms with Gasteiger partial charge in [-0.1, -0.05) is 32.4 Å². The molecule has 0 aliphatic heterocycles. The molecule has 2 rings (SSSR count). The highest BCUT2D eigenvalue weighted by Gasteiger charge is 2.41. The van der Waals surface area contributed by atoms with E-state index in [1.807, 2.05) is 19.9 Å². The highest BCUT2D eigenvalue weighted by atomic mass is 35.5. The van der Waals surface area contributed by atoms with E-state index in [4.69, 9.17) is 20.4 Å². The van der Waals surface area contributed by atoms with Crippen LogP contribution in [0.3, 0.4) is 0 Å². The smallest absolute Gasteiger partial charge is 0.241 e. The lowest BCUT2D eigenvalue weighted by Crippen LogP contribution is -2.45. The van der Waals surface area contributed by atoms with Crippen molar-refractivity contribution in [2.45, 2.75) is 71.8 Å². The SMILES string of the molecule is Cc1nnc([C@H](Nc2ccc(C#N)c(Cl)c2C)[C@H](C)O[Si](C)(C)C(C)(C)C)o1. The molecule has 0 amide bonds. The van der Waals surface area contributed by atoms with Crippen LogP contribution in [0.1, 0.15) is 56.6 Å². The summed E-state index contributed by atoms with van der Waals surface area (Å²) >= 11 is 6.34. The average Bonchev–Trinajstić information content (AvgIpc) is 3.00. The average molecular weight is 421 g/mol. The molecule has 8 heteroatoms. The van der Waals surface area contributed by atoms with Gasteiger partial charge < -0.3 is 14.2 Å². The van der Waals surface area contributed by atoms with Crippen LogP contribution in [0, 0.1) is 25.2 Å². The number of nitriles is 1. The third-order valence-electron chi connectivity index (χ3n) is 5.38. The van der Waals surface area contributed by atoms with Crippen molar-refractivity contribution in [2.75, 3.05) is 5.32 Å². The fourth-order valence-corrected chi connectivity index (χ4v) is 4.25. The van der Waals surface area contributed by atoms with Gasteiger partial charge in [0, 0.05) is 12.6 Å². The van der Waals surface area contributed by atoms with Gasteiger partial charge in [-0.15, -0.1) is 10.2 Å². The van der Waals surface area contributed by atoms with Gasteiger partial charge in [0.1, 0.15) is 12.1 Å². The largest absolute Gasteiger partial charge is 0.423 e. The van der Waals surface area contributed by atoms with Gasteiger partial charge in [-0.25, -0.2) is 0 Å². The van der Waals surface area contributed by atoms with E-state index in [9.17, 15) is 5.26 Å². The lowest BCUT2D eigenvalue weighted by atomic mass is 10.1. The first-order valence-electron chi connectivity index (χ1n) is 9.31. The van der Waals surface area contributed by atoms with Crippen molar-refractivity contribution in [1.29, 1.82) is 5.26 Å². The molecule has 1 heterocycles. The maximum atomic E-state index is 9.18. The number of benzene rings is 1. The van der Waals surface area contributed by atoms with E-state index >= 15 is 0 Å². The molecule has 28 heavy (non-hydrogen) atoms. The summed E-state index contributed by atoms with van der Waals surface area (Å²) in [4.78, 5) is 0. The molecule has 0 radical (unpaired) electrons. The molecule has 0 spiro atoms. The summed E-state index contributed by atoms with van der Waals surface area (Å²) in [6.07, 6.45) is -0.213. The third kappa shape index (κ3) is 4.74. The second-order valence-electron chi connectivity index (χ2n) is 8.58. The van der Waals surface area contributed by atoms with Gasteiger partial charge in [0.2, 0.25) is 11.8 Å². The lowest BCUT2D eigenvalue weighted by molar-refractivity contribution is 0.165. The highest BCUT2D eigenvalue weighted by molar-refractivity contribution is 6.74. The minimum atomic E-state index is -2.01. The topological polar surface area (TPSA) is 84.0 Å². The molecule has 2 atom stereocenters. The van der Waals surface area contributed by atoms with Crippen LogP contribution in [0.25, 0.3) is 0 Å². The molecule has 0 fully saturated rings. The number of nitrogens with one attached hydrogen (secondary N) is 1. The summed E-state index contributed by atoms with van der Waals surface area (Å²) in [5.74, 6) is 0.958. The Kier molecular flexibility index (Phi) is 6.59. The third-order valence-corrected chi connectivity index (χ3v) is 10.4. The maximum absolute atomic E-state index is 9.18. The van der Waals surface area contributed by atoms with Crippen molar-refractivity contribution in [3.05, 3.63) is 40.1 Å². The molecule has 0 bridgehead atoms.